The lowest BCUT2D eigenvalue weighted by atomic mass is 10.2. The van der Waals surface area contributed by atoms with Crippen molar-refractivity contribution in [3.63, 3.8) is 0 Å². The summed E-state index contributed by atoms with van der Waals surface area (Å²) in [5, 5.41) is 0. The molecule has 0 heterocycles. The van der Waals surface area contributed by atoms with Gasteiger partial charge >= 0.3 is 0 Å². The van der Waals surface area contributed by atoms with Crippen LogP contribution in [-0.2, 0) is 0 Å². The Hall–Kier alpha value is 0.290. The number of alkyl halides is 1. The molecule has 0 bridgehead atoms. The van der Waals surface area contributed by atoms with Crippen LogP contribution in [0.25, 0.3) is 0 Å². The second kappa shape index (κ2) is 11.3. The Labute approximate surface area is 82.7 Å². The van der Waals surface area contributed by atoms with Gasteiger partial charge in [-0.2, -0.15) is 0 Å². The Morgan fingerprint density at radius 1 is 0.833 bits per heavy atom. The van der Waals surface area contributed by atoms with Crippen molar-refractivity contribution in [2.45, 2.75) is 64.7 Å². The first-order chi connectivity index (χ1) is 5.91. The average Bonchev–Trinajstić information content (AvgIpc) is 2.62. The highest BCUT2D eigenvalue weighted by Gasteiger charge is 1.95. The van der Waals surface area contributed by atoms with E-state index in [0.717, 1.165) is 5.88 Å². The first-order valence-electron chi connectivity index (χ1n) is 5.47. The molecule has 0 radical (unpaired) electrons. The molecule has 1 aliphatic carbocycles. The Morgan fingerprint density at radius 2 is 1.33 bits per heavy atom. The van der Waals surface area contributed by atoms with Crippen LogP contribution in [0.15, 0.2) is 0 Å². The van der Waals surface area contributed by atoms with E-state index in [9.17, 15) is 0 Å². The molecule has 0 unspecified atom stereocenters. The average molecular weight is 191 g/mol. The van der Waals surface area contributed by atoms with Crippen LogP contribution in [0.4, 0.5) is 0 Å². The van der Waals surface area contributed by atoms with Crippen LogP contribution >= 0.6 is 11.6 Å². The standard InChI is InChI=1S/C6H13Cl.C5H10/c1-2-3-4-5-6-7;1-2-4-5-3-1/h2-6H2,1H3;1-5H2. The van der Waals surface area contributed by atoms with Crippen LogP contribution in [0, 0.1) is 0 Å². The summed E-state index contributed by atoms with van der Waals surface area (Å²) in [5.74, 6) is 0.833. The van der Waals surface area contributed by atoms with Gasteiger partial charge in [-0.25, -0.2) is 0 Å². The van der Waals surface area contributed by atoms with Crippen LogP contribution in [-0.4, -0.2) is 5.88 Å². The molecular formula is C11H23Cl. The molecular weight excluding hydrogens is 168 g/mol. The van der Waals surface area contributed by atoms with E-state index in [4.69, 9.17) is 11.6 Å². The molecule has 1 rings (SSSR count). The molecule has 1 aliphatic rings. The van der Waals surface area contributed by atoms with Crippen LogP contribution in [0.2, 0.25) is 0 Å². The van der Waals surface area contributed by atoms with Gasteiger partial charge in [0.25, 0.3) is 0 Å². The lowest BCUT2D eigenvalue weighted by Crippen LogP contribution is -1.74. The summed E-state index contributed by atoms with van der Waals surface area (Å²) in [4.78, 5) is 0. The van der Waals surface area contributed by atoms with E-state index in [1.165, 1.54) is 57.8 Å². The van der Waals surface area contributed by atoms with Crippen molar-refractivity contribution in [2.75, 3.05) is 5.88 Å². The van der Waals surface area contributed by atoms with Crippen molar-refractivity contribution < 1.29 is 0 Å². The topological polar surface area (TPSA) is 0 Å². The Balaban J connectivity index is 0.000000211. The van der Waals surface area contributed by atoms with Crippen molar-refractivity contribution in [2.24, 2.45) is 0 Å². The lowest BCUT2D eigenvalue weighted by Gasteiger charge is -1.89. The smallest absolute Gasteiger partial charge is 0.0223 e. The summed E-state index contributed by atoms with van der Waals surface area (Å²) in [6.07, 6.45) is 12.6. The van der Waals surface area contributed by atoms with E-state index in [1.807, 2.05) is 0 Å². The fourth-order valence-electron chi connectivity index (χ4n) is 1.41. The van der Waals surface area contributed by atoms with Crippen LogP contribution in [0.5, 0.6) is 0 Å². The van der Waals surface area contributed by atoms with Crippen LogP contribution in [0.3, 0.4) is 0 Å². The third-order valence-corrected chi connectivity index (χ3v) is 2.50. The molecule has 0 aromatic heterocycles. The fraction of sp³-hybridized carbons (Fsp3) is 1.00. The third-order valence-electron chi connectivity index (χ3n) is 2.24. The van der Waals surface area contributed by atoms with Crippen molar-refractivity contribution >= 4 is 11.6 Å². The summed E-state index contributed by atoms with van der Waals surface area (Å²) in [6.45, 7) is 2.20. The van der Waals surface area contributed by atoms with Crippen LogP contribution in [0.1, 0.15) is 64.7 Å². The van der Waals surface area contributed by atoms with Gasteiger partial charge in [-0.15, -0.1) is 11.6 Å². The van der Waals surface area contributed by atoms with Gasteiger partial charge in [0, 0.05) is 5.88 Å². The van der Waals surface area contributed by atoms with Gasteiger partial charge in [0.1, 0.15) is 0 Å². The third kappa shape index (κ3) is 10.3. The van der Waals surface area contributed by atoms with E-state index in [0.29, 0.717) is 0 Å². The van der Waals surface area contributed by atoms with Gasteiger partial charge in [0.2, 0.25) is 0 Å². The van der Waals surface area contributed by atoms with E-state index in [-0.39, 0.29) is 0 Å². The molecule has 12 heavy (non-hydrogen) atoms. The first kappa shape index (κ1) is 12.3. The van der Waals surface area contributed by atoms with Gasteiger partial charge < -0.3 is 0 Å². The molecule has 0 nitrogen and oxygen atoms in total. The van der Waals surface area contributed by atoms with Crippen molar-refractivity contribution in [3.05, 3.63) is 0 Å². The predicted molar refractivity (Wildman–Crippen MR) is 57.9 cm³/mol. The first-order valence-corrected chi connectivity index (χ1v) is 6.01. The number of hydrogen-bond acceptors (Lipinski definition) is 0. The molecule has 0 N–H and O–H groups in total. The van der Waals surface area contributed by atoms with Gasteiger partial charge in [0.05, 0.1) is 0 Å². The van der Waals surface area contributed by atoms with E-state index < -0.39 is 0 Å². The van der Waals surface area contributed by atoms with E-state index in [2.05, 4.69) is 6.92 Å². The molecule has 0 spiro atoms. The molecule has 1 heteroatoms. The van der Waals surface area contributed by atoms with Crippen LogP contribution < -0.4 is 0 Å². The summed E-state index contributed by atoms with van der Waals surface area (Å²) in [5.41, 5.74) is 0. The zero-order chi connectivity index (χ0) is 9.07. The minimum Gasteiger partial charge on any atom is -0.127 e. The molecule has 0 atom stereocenters. The molecule has 0 saturated heterocycles. The summed E-state index contributed by atoms with van der Waals surface area (Å²) in [6, 6.07) is 0. The molecule has 0 aliphatic heterocycles. The van der Waals surface area contributed by atoms with Gasteiger partial charge in [-0.1, -0.05) is 58.3 Å². The Morgan fingerprint density at radius 3 is 1.67 bits per heavy atom. The predicted octanol–water partition coefficient (Wildman–Crippen LogP) is 4.76. The SMILES string of the molecule is C1CCCC1.CCCCCCCl. The highest BCUT2D eigenvalue weighted by atomic mass is 35.5. The van der Waals surface area contributed by atoms with E-state index in [1.54, 1.807) is 0 Å². The molecule has 74 valence electrons. The molecule has 1 fully saturated rings. The van der Waals surface area contributed by atoms with Crippen molar-refractivity contribution in [1.82, 2.24) is 0 Å². The highest BCUT2D eigenvalue weighted by Crippen LogP contribution is 2.15. The maximum absolute atomic E-state index is 5.44. The van der Waals surface area contributed by atoms with Crippen molar-refractivity contribution in [1.29, 1.82) is 0 Å². The summed E-state index contributed by atoms with van der Waals surface area (Å²) < 4.78 is 0. The van der Waals surface area contributed by atoms with Gasteiger partial charge in [-0.3, -0.25) is 0 Å². The Bertz CT molecular complexity index is 55.8. The van der Waals surface area contributed by atoms with Crippen molar-refractivity contribution in [3.8, 4) is 0 Å². The zero-order valence-electron chi connectivity index (χ0n) is 8.45. The lowest BCUT2D eigenvalue weighted by molar-refractivity contribution is 0.705. The summed E-state index contributed by atoms with van der Waals surface area (Å²) >= 11 is 5.44. The summed E-state index contributed by atoms with van der Waals surface area (Å²) in [7, 11) is 0. The fourth-order valence-corrected chi connectivity index (χ4v) is 1.59. The number of hydrogen-bond donors (Lipinski definition) is 0. The highest BCUT2D eigenvalue weighted by molar-refractivity contribution is 6.17. The second-order valence-electron chi connectivity index (χ2n) is 3.52. The number of rotatable bonds is 4. The minimum atomic E-state index is 0.833. The Kier molecular flexibility index (Phi) is 11.6. The zero-order valence-corrected chi connectivity index (χ0v) is 9.20. The molecule has 1 saturated carbocycles. The molecule has 0 amide bonds. The van der Waals surface area contributed by atoms with Gasteiger partial charge in [-0.05, 0) is 6.42 Å². The number of halogens is 1. The monoisotopic (exact) mass is 190 g/mol. The molecule has 0 aromatic carbocycles. The maximum Gasteiger partial charge on any atom is 0.0223 e. The normalized spacial score (nSPS) is 15.5. The largest absolute Gasteiger partial charge is 0.127 e. The van der Waals surface area contributed by atoms with Gasteiger partial charge in [0.15, 0.2) is 0 Å². The minimum absolute atomic E-state index is 0.833. The molecule has 0 aromatic rings. The van der Waals surface area contributed by atoms with E-state index >= 15 is 0 Å². The maximum atomic E-state index is 5.44. The quantitative estimate of drug-likeness (QED) is 0.443. The number of unbranched alkanes of at least 4 members (excludes halogenated alkanes) is 3. The second-order valence-corrected chi connectivity index (χ2v) is 3.90.